The van der Waals surface area contributed by atoms with E-state index < -0.39 is 0 Å². The van der Waals surface area contributed by atoms with Crippen LogP contribution >= 0.6 is 11.6 Å². The summed E-state index contributed by atoms with van der Waals surface area (Å²) in [5.41, 5.74) is 3.96. The minimum Gasteiger partial charge on any atom is -0.381 e. The minimum absolute atomic E-state index is 0.210. The molecule has 2 aromatic carbocycles. The number of pyridine rings is 1. The molecule has 0 amide bonds. The highest BCUT2D eigenvalue weighted by molar-refractivity contribution is 6.30. The summed E-state index contributed by atoms with van der Waals surface area (Å²) in [6.07, 6.45) is 3.97. The first-order chi connectivity index (χ1) is 15.5. The molecule has 3 aromatic rings. The average Bonchev–Trinajstić information content (AvgIpc) is 3.34. The van der Waals surface area contributed by atoms with Gasteiger partial charge in [0.2, 0.25) is 0 Å². The quantitative estimate of drug-likeness (QED) is 0.330. The normalized spacial score (nSPS) is 12.7. The molecule has 0 radical (unpaired) electrons. The number of halogens is 2. The molecule has 1 aromatic heterocycles. The van der Waals surface area contributed by atoms with Crippen molar-refractivity contribution in [3.63, 3.8) is 0 Å². The first kappa shape index (κ1) is 23.5. The summed E-state index contributed by atoms with van der Waals surface area (Å²) in [5, 5.41) is 15.1. The Morgan fingerprint density at radius 2 is 1.81 bits per heavy atom. The standard InChI is InChI=1S/C19H22FN3.C6H7ClN2/c1-14-12-17(20)8-9-18(14)22-13-15-4-6-16(7-5-15)19(21)23-10-2-3-11-23;1-8-6-3-2-5(7)4-9-6/h4-9,12,21-22H,2-3,10-11,13H2,1H3;2-4H,1H3,(H,8,9). The van der Waals surface area contributed by atoms with Gasteiger partial charge in [-0.15, -0.1) is 0 Å². The Hall–Kier alpha value is -3.12. The number of anilines is 2. The van der Waals surface area contributed by atoms with Gasteiger partial charge in [0.1, 0.15) is 17.5 Å². The van der Waals surface area contributed by atoms with Crippen molar-refractivity contribution in [3.8, 4) is 0 Å². The van der Waals surface area contributed by atoms with E-state index in [0.29, 0.717) is 17.4 Å². The molecule has 0 unspecified atom stereocenters. The van der Waals surface area contributed by atoms with Crippen molar-refractivity contribution in [1.29, 1.82) is 5.41 Å². The third kappa shape index (κ3) is 6.69. The van der Waals surface area contributed by atoms with E-state index in [0.717, 1.165) is 41.3 Å². The summed E-state index contributed by atoms with van der Waals surface area (Å²) in [6, 6.07) is 16.5. The van der Waals surface area contributed by atoms with Crippen molar-refractivity contribution >= 4 is 28.9 Å². The van der Waals surface area contributed by atoms with Crippen molar-refractivity contribution in [2.45, 2.75) is 26.3 Å². The van der Waals surface area contributed by atoms with Gasteiger partial charge >= 0.3 is 0 Å². The van der Waals surface area contributed by atoms with Crippen molar-refractivity contribution in [3.05, 3.63) is 88.3 Å². The molecule has 0 saturated carbocycles. The van der Waals surface area contributed by atoms with Crippen molar-refractivity contribution in [1.82, 2.24) is 9.88 Å². The highest BCUT2D eigenvalue weighted by atomic mass is 35.5. The molecule has 168 valence electrons. The molecule has 0 spiro atoms. The predicted octanol–water partition coefficient (Wildman–Crippen LogP) is 5.94. The lowest BCUT2D eigenvalue weighted by molar-refractivity contribution is 0.517. The monoisotopic (exact) mass is 453 g/mol. The number of likely N-dealkylation sites (tertiary alicyclic amines) is 1. The number of aromatic nitrogens is 1. The maximum absolute atomic E-state index is 13.1. The van der Waals surface area contributed by atoms with E-state index in [1.165, 1.54) is 25.0 Å². The molecule has 1 aliphatic heterocycles. The fourth-order valence-corrected chi connectivity index (χ4v) is 3.56. The van der Waals surface area contributed by atoms with Gasteiger partial charge in [-0.1, -0.05) is 35.9 Å². The Balaban J connectivity index is 0.000000269. The Labute approximate surface area is 194 Å². The van der Waals surface area contributed by atoms with Crippen LogP contribution in [0.2, 0.25) is 5.02 Å². The number of hydrogen-bond donors (Lipinski definition) is 3. The molecule has 0 bridgehead atoms. The molecule has 0 atom stereocenters. The summed E-state index contributed by atoms with van der Waals surface area (Å²) in [5.74, 6) is 1.24. The Morgan fingerprint density at radius 3 is 2.41 bits per heavy atom. The molecular formula is C25H29ClFN5. The van der Waals surface area contributed by atoms with Crippen LogP contribution in [0.25, 0.3) is 0 Å². The van der Waals surface area contributed by atoms with Crippen LogP contribution in [-0.4, -0.2) is 35.9 Å². The van der Waals surface area contributed by atoms with Gasteiger partial charge in [-0.25, -0.2) is 9.37 Å². The highest BCUT2D eigenvalue weighted by Crippen LogP contribution is 2.18. The molecule has 7 heteroatoms. The number of benzene rings is 2. The second-order valence-electron chi connectivity index (χ2n) is 7.66. The van der Waals surface area contributed by atoms with Crippen LogP contribution in [-0.2, 0) is 6.54 Å². The summed E-state index contributed by atoms with van der Waals surface area (Å²) in [7, 11) is 1.82. The van der Waals surface area contributed by atoms with Crippen LogP contribution in [0.3, 0.4) is 0 Å². The van der Waals surface area contributed by atoms with E-state index in [1.807, 2.05) is 44.3 Å². The van der Waals surface area contributed by atoms with E-state index in [1.54, 1.807) is 18.3 Å². The summed E-state index contributed by atoms with van der Waals surface area (Å²) in [6.45, 7) is 4.56. The molecule has 0 aliphatic carbocycles. The number of aryl methyl sites for hydroxylation is 1. The van der Waals surface area contributed by atoms with Crippen molar-refractivity contribution < 1.29 is 4.39 Å². The maximum atomic E-state index is 13.1. The lowest BCUT2D eigenvalue weighted by Crippen LogP contribution is -2.27. The van der Waals surface area contributed by atoms with E-state index in [4.69, 9.17) is 17.0 Å². The second kappa shape index (κ2) is 11.5. The van der Waals surface area contributed by atoms with Crippen LogP contribution in [0.1, 0.15) is 29.5 Å². The first-order valence-electron chi connectivity index (χ1n) is 10.7. The average molecular weight is 454 g/mol. The molecular weight excluding hydrogens is 425 g/mol. The van der Waals surface area contributed by atoms with Gasteiger partial charge in [-0.05, 0) is 61.2 Å². The second-order valence-corrected chi connectivity index (χ2v) is 8.10. The molecule has 5 nitrogen and oxygen atoms in total. The van der Waals surface area contributed by atoms with Crippen LogP contribution < -0.4 is 10.6 Å². The number of rotatable bonds is 5. The lowest BCUT2D eigenvalue weighted by Gasteiger charge is -2.18. The SMILES string of the molecule is CNc1ccc(Cl)cn1.Cc1cc(F)ccc1NCc1ccc(C(=N)N2CCCC2)cc1. The number of nitrogens with one attached hydrogen (secondary N) is 3. The van der Waals surface area contributed by atoms with Gasteiger partial charge in [0.05, 0.1) is 5.02 Å². The molecule has 32 heavy (non-hydrogen) atoms. The zero-order chi connectivity index (χ0) is 22.9. The van der Waals surface area contributed by atoms with Crippen LogP contribution in [0.4, 0.5) is 15.9 Å². The third-order valence-electron chi connectivity index (χ3n) is 5.30. The third-order valence-corrected chi connectivity index (χ3v) is 5.53. The lowest BCUT2D eigenvalue weighted by atomic mass is 10.1. The zero-order valence-corrected chi connectivity index (χ0v) is 19.2. The van der Waals surface area contributed by atoms with Crippen molar-refractivity contribution in [2.24, 2.45) is 0 Å². The zero-order valence-electron chi connectivity index (χ0n) is 18.5. The molecule has 1 saturated heterocycles. The van der Waals surface area contributed by atoms with Gasteiger partial charge in [0.25, 0.3) is 0 Å². The van der Waals surface area contributed by atoms with E-state index in [9.17, 15) is 4.39 Å². The molecule has 2 heterocycles. The van der Waals surface area contributed by atoms with Gasteiger partial charge < -0.3 is 15.5 Å². The molecule has 4 rings (SSSR count). The van der Waals surface area contributed by atoms with Crippen LogP contribution in [0, 0.1) is 18.2 Å². The first-order valence-corrected chi connectivity index (χ1v) is 11.1. The Bertz CT molecular complexity index is 1020. The number of hydrogen-bond acceptors (Lipinski definition) is 4. The fourth-order valence-electron chi connectivity index (χ4n) is 3.45. The fraction of sp³-hybridized carbons (Fsp3) is 0.280. The summed E-state index contributed by atoms with van der Waals surface area (Å²) < 4.78 is 13.1. The van der Waals surface area contributed by atoms with E-state index in [-0.39, 0.29) is 5.82 Å². The molecule has 1 fully saturated rings. The van der Waals surface area contributed by atoms with E-state index in [2.05, 4.69) is 20.5 Å². The van der Waals surface area contributed by atoms with Crippen molar-refractivity contribution in [2.75, 3.05) is 30.8 Å². The molecule has 1 aliphatic rings. The topological polar surface area (TPSA) is 64.0 Å². The van der Waals surface area contributed by atoms with Gasteiger partial charge in [-0.2, -0.15) is 0 Å². The van der Waals surface area contributed by atoms with Gasteiger partial charge in [-0.3, -0.25) is 5.41 Å². The smallest absolute Gasteiger partial charge is 0.128 e. The molecule has 3 N–H and O–H groups in total. The Kier molecular flexibility index (Phi) is 8.45. The van der Waals surface area contributed by atoms with Gasteiger partial charge in [0, 0.05) is 44.1 Å². The van der Waals surface area contributed by atoms with Crippen LogP contribution in [0.5, 0.6) is 0 Å². The summed E-state index contributed by atoms with van der Waals surface area (Å²) >= 11 is 5.58. The number of amidine groups is 1. The highest BCUT2D eigenvalue weighted by Gasteiger charge is 2.16. The van der Waals surface area contributed by atoms with Gasteiger partial charge in [0.15, 0.2) is 0 Å². The largest absolute Gasteiger partial charge is 0.381 e. The predicted molar refractivity (Wildman–Crippen MR) is 131 cm³/mol. The maximum Gasteiger partial charge on any atom is 0.128 e. The van der Waals surface area contributed by atoms with E-state index >= 15 is 0 Å². The summed E-state index contributed by atoms with van der Waals surface area (Å²) in [4.78, 5) is 6.09. The number of nitrogens with zero attached hydrogens (tertiary/aromatic N) is 2. The Morgan fingerprint density at radius 1 is 1.09 bits per heavy atom. The van der Waals surface area contributed by atoms with Crippen LogP contribution in [0.15, 0.2) is 60.8 Å². The minimum atomic E-state index is -0.210.